The van der Waals surface area contributed by atoms with Crippen molar-refractivity contribution in [3.63, 3.8) is 0 Å². The molecule has 2 aliphatic heterocycles. The van der Waals surface area contributed by atoms with Gasteiger partial charge in [0.15, 0.2) is 11.5 Å². The molecule has 1 fully saturated rings. The standard InChI is InChI=1S/C27H34N2O6/c1-27(2,3)13-25(30)29(15-18-6-5-7-21(10-18)33-4)20-12-22(26(31)32)28(16-20)14-19-8-9-23-24(11-19)35-17-34-23/h5-11,20,22H,12-17H2,1-4H3,(H,31,32). The summed E-state index contributed by atoms with van der Waals surface area (Å²) in [6.07, 6.45) is 0.757. The fourth-order valence-corrected chi connectivity index (χ4v) is 4.75. The lowest BCUT2D eigenvalue weighted by Gasteiger charge is -2.32. The minimum Gasteiger partial charge on any atom is -0.497 e. The van der Waals surface area contributed by atoms with Crippen LogP contribution in [0.15, 0.2) is 42.5 Å². The molecule has 0 saturated carbocycles. The third-order valence-corrected chi connectivity index (χ3v) is 6.42. The number of hydrogen-bond acceptors (Lipinski definition) is 6. The van der Waals surface area contributed by atoms with E-state index >= 15 is 0 Å². The highest BCUT2D eigenvalue weighted by atomic mass is 16.7. The third kappa shape index (κ3) is 6.06. The summed E-state index contributed by atoms with van der Waals surface area (Å²) in [5, 5.41) is 9.99. The molecule has 8 nitrogen and oxygen atoms in total. The van der Waals surface area contributed by atoms with E-state index < -0.39 is 12.0 Å². The summed E-state index contributed by atoms with van der Waals surface area (Å²) >= 11 is 0. The number of fused-ring (bicyclic) bond motifs is 1. The number of rotatable bonds is 8. The van der Waals surface area contributed by atoms with E-state index in [-0.39, 0.29) is 24.2 Å². The summed E-state index contributed by atoms with van der Waals surface area (Å²) in [6, 6.07) is 12.4. The second-order valence-electron chi connectivity index (χ2n) is 10.5. The van der Waals surface area contributed by atoms with Crippen LogP contribution in [-0.4, -0.2) is 59.3 Å². The van der Waals surface area contributed by atoms with Crippen LogP contribution in [0.2, 0.25) is 0 Å². The zero-order valence-electron chi connectivity index (χ0n) is 20.8. The lowest BCUT2D eigenvalue weighted by molar-refractivity contribution is -0.142. The lowest BCUT2D eigenvalue weighted by Crippen LogP contribution is -2.42. The van der Waals surface area contributed by atoms with Gasteiger partial charge in [-0.25, -0.2) is 0 Å². The highest BCUT2D eigenvalue weighted by Gasteiger charge is 2.41. The Kier molecular flexibility index (Phi) is 7.21. The molecule has 35 heavy (non-hydrogen) atoms. The van der Waals surface area contributed by atoms with E-state index in [0.29, 0.717) is 44.0 Å². The van der Waals surface area contributed by atoms with Crippen LogP contribution in [0.4, 0.5) is 0 Å². The molecule has 8 heteroatoms. The van der Waals surface area contributed by atoms with Crippen LogP contribution >= 0.6 is 0 Å². The number of carbonyl (C=O) groups excluding carboxylic acids is 1. The lowest BCUT2D eigenvalue weighted by atomic mass is 9.91. The topological polar surface area (TPSA) is 88.5 Å². The van der Waals surface area contributed by atoms with Crippen LogP contribution < -0.4 is 14.2 Å². The van der Waals surface area contributed by atoms with Crippen molar-refractivity contribution in [2.24, 2.45) is 5.41 Å². The van der Waals surface area contributed by atoms with Crippen LogP contribution in [0.25, 0.3) is 0 Å². The highest BCUT2D eigenvalue weighted by Crippen LogP contribution is 2.34. The predicted octanol–water partition coefficient (Wildman–Crippen LogP) is 3.92. The average Bonchev–Trinajstić information content (AvgIpc) is 3.43. The van der Waals surface area contributed by atoms with Crippen LogP contribution in [0.3, 0.4) is 0 Å². The number of carboxylic acid groups (broad SMARTS) is 1. The van der Waals surface area contributed by atoms with Crippen molar-refractivity contribution in [1.29, 1.82) is 0 Å². The van der Waals surface area contributed by atoms with Crippen molar-refractivity contribution < 1.29 is 28.9 Å². The van der Waals surface area contributed by atoms with Gasteiger partial charge in [-0.2, -0.15) is 0 Å². The number of aliphatic carboxylic acids is 1. The van der Waals surface area contributed by atoms with Gasteiger partial charge in [0.1, 0.15) is 11.8 Å². The third-order valence-electron chi connectivity index (χ3n) is 6.42. The summed E-state index contributed by atoms with van der Waals surface area (Å²) in [7, 11) is 1.62. The maximum Gasteiger partial charge on any atom is 0.321 e. The number of likely N-dealkylation sites (tertiary alicyclic amines) is 1. The predicted molar refractivity (Wildman–Crippen MR) is 130 cm³/mol. The Morgan fingerprint density at radius 1 is 1.11 bits per heavy atom. The van der Waals surface area contributed by atoms with Gasteiger partial charge in [0.05, 0.1) is 7.11 Å². The highest BCUT2D eigenvalue weighted by molar-refractivity contribution is 5.78. The molecule has 0 aromatic heterocycles. The Morgan fingerprint density at radius 3 is 2.60 bits per heavy atom. The van der Waals surface area contributed by atoms with Crippen molar-refractivity contribution in [2.45, 2.75) is 58.8 Å². The fraction of sp³-hybridized carbons (Fsp3) is 0.481. The molecule has 4 rings (SSSR count). The fourth-order valence-electron chi connectivity index (χ4n) is 4.75. The SMILES string of the molecule is COc1cccc(CN(C(=O)CC(C)(C)C)C2CC(C(=O)O)N(Cc3ccc4c(c3)OCO4)C2)c1. The van der Waals surface area contributed by atoms with E-state index in [1.54, 1.807) is 7.11 Å². The van der Waals surface area contributed by atoms with E-state index in [1.165, 1.54) is 0 Å². The summed E-state index contributed by atoms with van der Waals surface area (Å²) in [6.45, 7) is 7.63. The second kappa shape index (κ2) is 10.2. The zero-order valence-corrected chi connectivity index (χ0v) is 20.8. The Bertz CT molecular complexity index is 1080. The molecule has 1 amide bonds. The molecule has 1 saturated heterocycles. The molecule has 0 radical (unpaired) electrons. The van der Waals surface area contributed by atoms with E-state index in [2.05, 4.69) is 0 Å². The van der Waals surface area contributed by atoms with Gasteiger partial charge in [-0.3, -0.25) is 14.5 Å². The number of carboxylic acids is 1. The van der Waals surface area contributed by atoms with Crippen molar-refractivity contribution >= 4 is 11.9 Å². The van der Waals surface area contributed by atoms with Crippen molar-refractivity contribution in [3.05, 3.63) is 53.6 Å². The Labute approximate surface area is 206 Å². The number of methoxy groups -OCH3 is 1. The molecule has 2 atom stereocenters. The molecule has 2 aromatic carbocycles. The Morgan fingerprint density at radius 2 is 1.89 bits per heavy atom. The van der Waals surface area contributed by atoms with Crippen LogP contribution in [-0.2, 0) is 22.7 Å². The summed E-state index contributed by atoms with van der Waals surface area (Å²) in [4.78, 5) is 29.5. The molecule has 0 bridgehead atoms. The van der Waals surface area contributed by atoms with Gasteiger partial charge in [0.25, 0.3) is 0 Å². The molecule has 188 valence electrons. The van der Waals surface area contributed by atoms with Gasteiger partial charge in [0.2, 0.25) is 12.7 Å². The number of hydrogen-bond donors (Lipinski definition) is 1. The van der Waals surface area contributed by atoms with E-state index in [9.17, 15) is 14.7 Å². The first-order chi connectivity index (χ1) is 16.6. The maximum absolute atomic E-state index is 13.5. The first-order valence-electron chi connectivity index (χ1n) is 11.9. The van der Waals surface area contributed by atoms with Crippen LogP contribution in [0, 0.1) is 5.41 Å². The molecule has 1 N–H and O–H groups in total. The Balaban J connectivity index is 1.56. The molecule has 2 aromatic rings. The normalized spacial score (nSPS) is 19.5. The minimum absolute atomic E-state index is 0.0272. The van der Waals surface area contributed by atoms with Crippen LogP contribution in [0.5, 0.6) is 17.2 Å². The first-order valence-corrected chi connectivity index (χ1v) is 11.9. The van der Waals surface area contributed by atoms with E-state index in [4.69, 9.17) is 14.2 Å². The summed E-state index contributed by atoms with van der Waals surface area (Å²) in [5.74, 6) is 1.24. The number of amides is 1. The second-order valence-corrected chi connectivity index (χ2v) is 10.5. The molecule has 2 heterocycles. The van der Waals surface area contributed by atoms with Crippen molar-refractivity contribution in [3.8, 4) is 17.2 Å². The summed E-state index contributed by atoms with van der Waals surface area (Å²) < 4.78 is 16.2. The van der Waals surface area contributed by atoms with Gasteiger partial charge in [0, 0.05) is 32.1 Å². The van der Waals surface area contributed by atoms with Crippen LogP contribution in [0.1, 0.15) is 44.7 Å². The molecule has 0 aliphatic carbocycles. The number of ether oxygens (including phenoxy) is 3. The monoisotopic (exact) mass is 482 g/mol. The van der Waals surface area contributed by atoms with Gasteiger partial charge in [-0.1, -0.05) is 39.0 Å². The molecular weight excluding hydrogens is 448 g/mol. The maximum atomic E-state index is 13.5. The number of benzene rings is 2. The quantitative estimate of drug-likeness (QED) is 0.610. The van der Waals surface area contributed by atoms with Gasteiger partial charge < -0.3 is 24.2 Å². The first kappa shape index (κ1) is 24.9. The number of nitrogens with zero attached hydrogens (tertiary/aromatic N) is 2. The van der Waals surface area contributed by atoms with Crippen molar-refractivity contribution in [2.75, 3.05) is 20.4 Å². The van der Waals surface area contributed by atoms with Gasteiger partial charge in [-0.15, -0.1) is 0 Å². The molecule has 0 spiro atoms. The Hall–Kier alpha value is -3.26. The molecule has 2 aliphatic rings. The molecule has 2 unspecified atom stereocenters. The smallest absolute Gasteiger partial charge is 0.321 e. The number of carbonyl (C=O) groups is 2. The minimum atomic E-state index is -0.877. The summed E-state index contributed by atoms with van der Waals surface area (Å²) in [5.41, 5.74) is 1.72. The van der Waals surface area contributed by atoms with Gasteiger partial charge in [-0.05, 0) is 47.2 Å². The van der Waals surface area contributed by atoms with E-state index in [1.807, 2.05) is 73.0 Å². The molecular formula is C27H34N2O6. The van der Waals surface area contributed by atoms with Crippen molar-refractivity contribution in [1.82, 2.24) is 9.80 Å². The van der Waals surface area contributed by atoms with Gasteiger partial charge >= 0.3 is 5.97 Å². The average molecular weight is 483 g/mol. The zero-order chi connectivity index (χ0) is 25.2. The largest absolute Gasteiger partial charge is 0.497 e. The van der Waals surface area contributed by atoms with E-state index in [0.717, 1.165) is 16.9 Å².